The molecule has 2 aromatic rings. The highest BCUT2D eigenvalue weighted by Gasteiger charge is 1.99. The molecule has 0 unspecified atom stereocenters. The van der Waals surface area contributed by atoms with E-state index in [1.807, 2.05) is 24.3 Å². The molecule has 0 aliphatic rings. The highest BCUT2D eigenvalue weighted by Crippen LogP contribution is 2.25. The molecule has 0 saturated carbocycles. The van der Waals surface area contributed by atoms with Crippen molar-refractivity contribution >= 4 is 33.4 Å². The lowest BCUT2D eigenvalue weighted by Crippen LogP contribution is -1.89. The summed E-state index contributed by atoms with van der Waals surface area (Å²) >= 11 is 5.16. The summed E-state index contributed by atoms with van der Waals surface area (Å²) in [5.41, 5.74) is 7.83. The van der Waals surface area contributed by atoms with Crippen molar-refractivity contribution in [2.45, 2.75) is 10.6 Å². The minimum Gasteiger partial charge on any atom is -0.398 e. The predicted molar refractivity (Wildman–Crippen MR) is 72.4 cm³/mol. The number of nitrogens with two attached hydrogens (primary N) is 1. The van der Waals surface area contributed by atoms with Gasteiger partial charge in [0, 0.05) is 33.2 Å². The van der Waals surface area contributed by atoms with Crippen molar-refractivity contribution in [3.8, 4) is 0 Å². The Morgan fingerprint density at radius 2 is 1.94 bits per heavy atom. The van der Waals surface area contributed by atoms with Crippen LogP contribution >= 0.6 is 27.7 Å². The molecule has 82 valence electrons. The van der Waals surface area contributed by atoms with Crippen LogP contribution in [0.5, 0.6) is 0 Å². The number of benzene rings is 1. The van der Waals surface area contributed by atoms with Crippen molar-refractivity contribution in [3.63, 3.8) is 0 Å². The first-order valence-electron chi connectivity index (χ1n) is 4.82. The molecule has 16 heavy (non-hydrogen) atoms. The second-order valence-corrected chi connectivity index (χ2v) is 5.23. The first kappa shape index (κ1) is 11.5. The van der Waals surface area contributed by atoms with Crippen molar-refractivity contribution in [2.24, 2.45) is 0 Å². The zero-order chi connectivity index (χ0) is 11.4. The molecule has 0 saturated heterocycles. The second-order valence-electron chi connectivity index (χ2n) is 3.33. The van der Waals surface area contributed by atoms with Crippen LogP contribution in [0.15, 0.2) is 52.1 Å². The molecular formula is C12H11BrN2S. The van der Waals surface area contributed by atoms with Crippen LogP contribution in [0.25, 0.3) is 0 Å². The molecule has 0 radical (unpaired) electrons. The molecule has 2 N–H and O–H groups in total. The van der Waals surface area contributed by atoms with E-state index in [4.69, 9.17) is 5.73 Å². The number of hydrogen-bond acceptors (Lipinski definition) is 3. The Bertz CT molecular complexity index is 474. The van der Waals surface area contributed by atoms with Gasteiger partial charge >= 0.3 is 0 Å². The zero-order valence-corrected chi connectivity index (χ0v) is 11.0. The molecular weight excluding hydrogens is 284 g/mol. The maximum absolute atomic E-state index is 5.82. The van der Waals surface area contributed by atoms with E-state index in [2.05, 4.69) is 27.0 Å². The van der Waals surface area contributed by atoms with Crippen molar-refractivity contribution < 1.29 is 0 Å². The summed E-state index contributed by atoms with van der Waals surface area (Å²) in [6, 6.07) is 10.1. The van der Waals surface area contributed by atoms with E-state index < -0.39 is 0 Å². The monoisotopic (exact) mass is 294 g/mol. The van der Waals surface area contributed by atoms with E-state index in [0.29, 0.717) is 0 Å². The molecule has 2 nitrogen and oxygen atoms in total. The van der Waals surface area contributed by atoms with Gasteiger partial charge in [-0.05, 0) is 45.8 Å². The van der Waals surface area contributed by atoms with Crippen molar-refractivity contribution in [1.29, 1.82) is 0 Å². The van der Waals surface area contributed by atoms with Crippen molar-refractivity contribution in [2.75, 3.05) is 5.73 Å². The molecule has 0 fully saturated rings. The maximum Gasteiger partial charge on any atom is 0.0461 e. The highest BCUT2D eigenvalue weighted by atomic mass is 79.9. The molecule has 1 heterocycles. The van der Waals surface area contributed by atoms with Crippen LogP contribution in [0, 0.1) is 0 Å². The number of pyridine rings is 1. The van der Waals surface area contributed by atoms with E-state index in [1.54, 1.807) is 24.2 Å². The number of nitrogens with zero attached hydrogens (tertiary/aromatic N) is 1. The van der Waals surface area contributed by atoms with Crippen LogP contribution in [0.1, 0.15) is 5.56 Å². The van der Waals surface area contributed by atoms with Gasteiger partial charge in [-0.2, -0.15) is 0 Å². The average Bonchev–Trinajstić information content (AvgIpc) is 2.32. The minimum atomic E-state index is 0.785. The van der Waals surface area contributed by atoms with Crippen LogP contribution in [-0.4, -0.2) is 4.98 Å². The van der Waals surface area contributed by atoms with Crippen LogP contribution in [0.2, 0.25) is 0 Å². The van der Waals surface area contributed by atoms with Crippen LogP contribution in [0.3, 0.4) is 0 Å². The fourth-order valence-electron chi connectivity index (χ4n) is 1.28. The van der Waals surface area contributed by atoms with Crippen LogP contribution in [-0.2, 0) is 5.75 Å². The van der Waals surface area contributed by atoms with Gasteiger partial charge in [0.05, 0.1) is 0 Å². The third kappa shape index (κ3) is 3.00. The zero-order valence-electron chi connectivity index (χ0n) is 8.56. The fourth-order valence-corrected chi connectivity index (χ4v) is 2.36. The molecule has 1 aromatic heterocycles. The van der Waals surface area contributed by atoms with Gasteiger partial charge in [0.1, 0.15) is 0 Å². The quantitative estimate of drug-likeness (QED) is 0.693. The van der Waals surface area contributed by atoms with E-state index in [0.717, 1.165) is 15.9 Å². The number of rotatable bonds is 3. The lowest BCUT2D eigenvalue weighted by atomic mass is 10.2. The summed E-state index contributed by atoms with van der Waals surface area (Å²) < 4.78 is 0.949. The number of hydrogen-bond donors (Lipinski definition) is 1. The predicted octanol–water partition coefficient (Wildman–Crippen LogP) is 3.72. The molecule has 1 aromatic carbocycles. The Morgan fingerprint density at radius 1 is 1.19 bits per heavy atom. The molecule has 0 atom stereocenters. The SMILES string of the molecule is Nc1cc(CSc2ccncc2)ccc1Br. The summed E-state index contributed by atoms with van der Waals surface area (Å²) in [6.45, 7) is 0. The van der Waals surface area contributed by atoms with Crippen LogP contribution < -0.4 is 5.73 Å². The molecule has 0 aliphatic carbocycles. The summed E-state index contributed by atoms with van der Waals surface area (Å²) in [4.78, 5) is 5.21. The van der Waals surface area contributed by atoms with Gasteiger partial charge in [-0.15, -0.1) is 11.8 Å². The number of aromatic nitrogens is 1. The highest BCUT2D eigenvalue weighted by molar-refractivity contribution is 9.10. The second kappa shape index (κ2) is 5.37. The molecule has 0 amide bonds. The van der Waals surface area contributed by atoms with E-state index >= 15 is 0 Å². The lowest BCUT2D eigenvalue weighted by Gasteiger charge is -2.04. The van der Waals surface area contributed by atoms with Gasteiger partial charge in [-0.3, -0.25) is 4.98 Å². The van der Waals surface area contributed by atoms with Gasteiger partial charge in [-0.25, -0.2) is 0 Å². The van der Waals surface area contributed by atoms with Crippen LogP contribution in [0.4, 0.5) is 5.69 Å². The first-order valence-corrected chi connectivity index (χ1v) is 6.60. The molecule has 0 bridgehead atoms. The summed E-state index contributed by atoms with van der Waals surface area (Å²) in [7, 11) is 0. The van der Waals surface area contributed by atoms with Gasteiger partial charge in [-0.1, -0.05) is 6.07 Å². The van der Waals surface area contributed by atoms with E-state index in [-0.39, 0.29) is 0 Å². The molecule has 2 rings (SSSR count). The Hall–Kier alpha value is -1.00. The smallest absolute Gasteiger partial charge is 0.0461 e. The van der Waals surface area contributed by atoms with E-state index in [1.165, 1.54) is 10.5 Å². The summed E-state index contributed by atoms with van der Waals surface area (Å²) in [6.07, 6.45) is 3.61. The van der Waals surface area contributed by atoms with Crippen molar-refractivity contribution in [3.05, 3.63) is 52.8 Å². The molecule has 0 spiro atoms. The van der Waals surface area contributed by atoms with E-state index in [9.17, 15) is 0 Å². The normalized spacial score (nSPS) is 10.3. The Labute approximate surface area is 107 Å². The Kier molecular flexibility index (Phi) is 3.85. The summed E-state index contributed by atoms with van der Waals surface area (Å²) in [5, 5.41) is 0. The number of halogens is 1. The Morgan fingerprint density at radius 3 is 2.62 bits per heavy atom. The number of nitrogen functional groups attached to an aromatic ring is 1. The standard InChI is InChI=1S/C12H11BrN2S/c13-11-2-1-9(7-12(11)14)8-16-10-3-5-15-6-4-10/h1-7H,8,14H2. The topological polar surface area (TPSA) is 38.9 Å². The maximum atomic E-state index is 5.82. The molecule has 4 heteroatoms. The van der Waals surface area contributed by atoms with Gasteiger partial charge in [0.15, 0.2) is 0 Å². The minimum absolute atomic E-state index is 0.785. The number of anilines is 1. The third-order valence-corrected chi connectivity index (χ3v) is 3.92. The summed E-state index contributed by atoms with van der Waals surface area (Å²) in [5.74, 6) is 0.918. The molecule has 0 aliphatic heterocycles. The Balaban J connectivity index is 2.03. The van der Waals surface area contributed by atoms with Gasteiger partial charge in [0.25, 0.3) is 0 Å². The largest absolute Gasteiger partial charge is 0.398 e. The van der Waals surface area contributed by atoms with Gasteiger partial charge < -0.3 is 5.73 Å². The number of thioether (sulfide) groups is 1. The third-order valence-electron chi connectivity index (χ3n) is 2.12. The fraction of sp³-hybridized carbons (Fsp3) is 0.0833. The van der Waals surface area contributed by atoms with Gasteiger partial charge in [0.2, 0.25) is 0 Å². The van der Waals surface area contributed by atoms with Crippen molar-refractivity contribution in [1.82, 2.24) is 4.98 Å². The lowest BCUT2D eigenvalue weighted by molar-refractivity contribution is 1.26. The first-order chi connectivity index (χ1) is 7.75. The average molecular weight is 295 g/mol.